The van der Waals surface area contributed by atoms with Crippen molar-refractivity contribution in [3.05, 3.63) is 72.3 Å². The molecule has 1 aliphatic rings. The Hall–Kier alpha value is -3.27. The maximum atomic E-state index is 12.6. The summed E-state index contributed by atoms with van der Waals surface area (Å²) in [6.45, 7) is 0.767. The van der Waals surface area contributed by atoms with E-state index in [9.17, 15) is 4.79 Å². The summed E-state index contributed by atoms with van der Waals surface area (Å²) in [5.41, 5.74) is 4.35. The van der Waals surface area contributed by atoms with Crippen LogP contribution < -0.4 is 9.64 Å². The highest BCUT2D eigenvalue weighted by Gasteiger charge is 2.24. The average Bonchev–Trinajstić information content (AvgIpc) is 3.27. The highest BCUT2D eigenvalue weighted by molar-refractivity contribution is 6.07. The van der Waals surface area contributed by atoms with Gasteiger partial charge < -0.3 is 14.6 Å². The van der Waals surface area contributed by atoms with Gasteiger partial charge in [-0.2, -0.15) is 0 Å². The number of hydrogen-bond acceptors (Lipinski definition) is 2. The van der Waals surface area contributed by atoms with Gasteiger partial charge in [-0.15, -0.1) is 0 Å². The summed E-state index contributed by atoms with van der Waals surface area (Å²) in [6, 6.07) is 22.2. The Bertz CT molecular complexity index is 1130. The molecule has 0 radical (unpaired) electrons. The number of nitrogens with zero attached hydrogens (tertiary/aromatic N) is 1. The molecular formula is C22H18N2O2. The summed E-state index contributed by atoms with van der Waals surface area (Å²) in [4.78, 5) is 17.8. The molecule has 26 heavy (non-hydrogen) atoms. The number of carbonyl (C=O) groups excluding carboxylic acids is 1. The van der Waals surface area contributed by atoms with Gasteiger partial charge >= 0.3 is 0 Å². The van der Waals surface area contributed by atoms with Crippen LogP contribution in [0.25, 0.3) is 21.8 Å². The first-order valence-corrected chi connectivity index (χ1v) is 8.81. The van der Waals surface area contributed by atoms with Crippen LogP contribution in [0.2, 0.25) is 0 Å². The molecule has 0 fully saturated rings. The molecule has 0 unspecified atom stereocenters. The van der Waals surface area contributed by atoms with E-state index in [-0.39, 0.29) is 12.5 Å². The van der Waals surface area contributed by atoms with Crippen LogP contribution >= 0.6 is 0 Å². The second-order valence-electron chi connectivity index (χ2n) is 6.59. The fourth-order valence-electron chi connectivity index (χ4n) is 3.74. The smallest absolute Gasteiger partial charge is 0.264 e. The Morgan fingerprint density at radius 3 is 2.73 bits per heavy atom. The van der Waals surface area contributed by atoms with Gasteiger partial charge in [-0.3, -0.25) is 4.79 Å². The number of H-pyrrole nitrogens is 1. The lowest BCUT2D eigenvalue weighted by atomic mass is 10.1. The van der Waals surface area contributed by atoms with Crippen LogP contribution in [0.1, 0.15) is 5.56 Å². The van der Waals surface area contributed by atoms with Crippen LogP contribution in [-0.2, 0) is 11.2 Å². The molecule has 0 aliphatic carbocycles. The molecule has 1 N–H and O–H groups in total. The molecule has 4 aromatic rings. The molecule has 0 saturated carbocycles. The van der Waals surface area contributed by atoms with Crippen molar-refractivity contribution in [2.45, 2.75) is 6.42 Å². The van der Waals surface area contributed by atoms with Gasteiger partial charge in [0.25, 0.3) is 5.91 Å². The van der Waals surface area contributed by atoms with Crippen molar-refractivity contribution in [2.75, 3.05) is 18.1 Å². The van der Waals surface area contributed by atoms with Crippen molar-refractivity contribution in [3.8, 4) is 5.75 Å². The maximum Gasteiger partial charge on any atom is 0.264 e. The van der Waals surface area contributed by atoms with E-state index in [1.807, 2.05) is 53.4 Å². The lowest BCUT2D eigenvalue weighted by Gasteiger charge is -2.17. The van der Waals surface area contributed by atoms with Crippen LogP contribution in [0.3, 0.4) is 0 Å². The van der Waals surface area contributed by atoms with Crippen molar-refractivity contribution in [1.82, 2.24) is 4.98 Å². The maximum absolute atomic E-state index is 12.6. The molecule has 0 spiro atoms. The first kappa shape index (κ1) is 15.0. The molecule has 5 rings (SSSR count). The zero-order chi connectivity index (χ0) is 17.5. The number of carbonyl (C=O) groups is 1. The van der Waals surface area contributed by atoms with Crippen molar-refractivity contribution in [1.29, 1.82) is 0 Å². The molecule has 4 heteroatoms. The first-order chi connectivity index (χ1) is 12.8. The number of aromatic nitrogens is 1. The molecule has 1 aromatic heterocycles. The van der Waals surface area contributed by atoms with E-state index >= 15 is 0 Å². The second kappa shape index (κ2) is 5.92. The standard InChI is InChI=1S/C22H18N2O2/c25-22(24-12-11-15-5-1-4-8-21(15)24)14-26-16-9-10-18-17-6-2-3-7-19(17)23-20(18)13-16/h1-10,13,23H,11-12,14H2. The molecule has 2 heterocycles. The van der Waals surface area contributed by atoms with E-state index in [1.54, 1.807) is 0 Å². The third-order valence-electron chi connectivity index (χ3n) is 5.03. The van der Waals surface area contributed by atoms with Gasteiger partial charge in [0.1, 0.15) is 5.75 Å². The predicted octanol–water partition coefficient (Wildman–Crippen LogP) is 4.29. The molecule has 0 saturated heterocycles. The van der Waals surface area contributed by atoms with Gasteiger partial charge in [0, 0.05) is 34.6 Å². The van der Waals surface area contributed by atoms with Crippen molar-refractivity contribution >= 4 is 33.4 Å². The fourth-order valence-corrected chi connectivity index (χ4v) is 3.74. The number of hydrogen-bond donors (Lipinski definition) is 1. The lowest BCUT2D eigenvalue weighted by Crippen LogP contribution is -2.33. The molecular weight excluding hydrogens is 324 g/mol. The monoisotopic (exact) mass is 342 g/mol. The fraction of sp³-hybridized carbons (Fsp3) is 0.136. The van der Waals surface area contributed by atoms with Gasteiger partial charge in [0.15, 0.2) is 6.61 Å². The summed E-state index contributed by atoms with van der Waals surface area (Å²) in [5, 5.41) is 2.35. The number of aromatic amines is 1. The topological polar surface area (TPSA) is 45.3 Å². The van der Waals surface area contributed by atoms with Gasteiger partial charge in [0.2, 0.25) is 0 Å². The molecule has 0 bridgehead atoms. The summed E-state index contributed by atoms with van der Waals surface area (Å²) in [5.74, 6) is 0.691. The third-order valence-corrected chi connectivity index (χ3v) is 5.03. The number of para-hydroxylation sites is 2. The molecule has 0 atom stereocenters. The van der Waals surface area contributed by atoms with Gasteiger partial charge in [-0.1, -0.05) is 36.4 Å². The number of amides is 1. The van der Waals surface area contributed by atoms with E-state index in [0.29, 0.717) is 5.75 Å². The Morgan fingerprint density at radius 2 is 1.77 bits per heavy atom. The average molecular weight is 342 g/mol. The first-order valence-electron chi connectivity index (χ1n) is 8.81. The minimum Gasteiger partial charge on any atom is -0.484 e. The molecule has 3 aromatic carbocycles. The normalized spacial score (nSPS) is 13.3. The summed E-state index contributed by atoms with van der Waals surface area (Å²) in [7, 11) is 0. The third kappa shape index (κ3) is 2.42. The van der Waals surface area contributed by atoms with E-state index in [2.05, 4.69) is 23.2 Å². The summed E-state index contributed by atoms with van der Waals surface area (Å²) in [6.07, 6.45) is 0.906. The summed E-state index contributed by atoms with van der Waals surface area (Å²) >= 11 is 0. The summed E-state index contributed by atoms with van der Waals surface area (Å²) < 4.78 is 5.79. The number of fused-ring (bicyclic) bond motifs is 4. The SMILES string of the molecule is O=C(COc1ccc2c(c1)[nH]c1ccccc12)N1CCc2ccccc21. The molecule has 1 amide bonds. The number of benzene rings is 3. The predicted molar refractivity (Wildman–Crippen MR) is 104 cm³/mol. The number of anilines is 1. The van der Waals surface area contributed by atoms with E-state index in [1.165, 1.54) is 10.9 Å². The van der Waals surface area contributed by atoms with Crippen LogP contribution in [-0.4, -0.2) is 24.0 Å². The number of nitrogens with one attached hydrogen (secondary N) is 1. The number of rotatable bonds is 3. The Labute approximate surface area is 151 Å². The highest BCUT2D eigenvalue weighted by atomic mass is 16.5. The van der Waals surface area contributed by atoms with Gasteiger partial charge in [-0.05, 0) is 36.2 Å². The molecule has 128 valence electrons. The zero-order valence-corrected chi connectivity index (χ0v) is 14.2. The van der Waals surface area contributed by atoms with Crippen LogP contribution in [0.4, 0.5) is 5.69 Å². The lowest BCUT2D eigenvalue weighted by molar-refractivity contribution is -0.120. The van der Waals surface area contributed by atoms with Crippen molar-refractivity contribution in [2.24, 2.45) is 0 Å². The quantitative estimate of drug-likeness (QED) is 0.604. The highest BCUT2D eigenvalue weighted by Crippen LogP contribution is 2.29. The van der Waals surface area contributed by atoms with Crippen LogP contribution in [0.5, 0.6) is 5.75 Å². The Kier molecular flexibility index (Phi) is 3.42. The van der Waals surface area contributed by atoms with Gasteiger partial charge in [0.05, 0.1) is 5.52 Å². The minimum absolute atomic E-state index is 0.00769. The van der Waals surface area contributed by atoms with Crippen molar-refractivity contribution in [3.63, 3.8) is 0 Å². The molecule has 4 nitrogen and oxygen atoms in total. The van der Waals surface area contributed by atoms with E-state index in [4.69, 9.17) is 4.74 Å². The van der Waals surface area contributed by atoms with Crippen LogP contribution in [0.15, 0.2) is 66.7 Å². The molecule has 1 aliphatic heterocycles. The second-order valence-corrected chi connectivity index (χ2v) is 6.59. The van der Waals surface area contributed by atoms with Crippen LogP contribution in [0, 0.1) is 0 Å². The largest absolute Gasteiger partial charge is 0.484 e. The van der Waals surface area contributed by atoms with E-state index < -0.39 is 0 Å². The van der Waals surface area contributed by atoms with Gasteiger partial charge in [-0.25, -0.2) is 0 Å². The van der Waals surface area contributed by atoms with Crippen molar-refractivity contribution < 1.29 is 9.53 Å². The Morgan fingerprint density at radius 1 is 0.962 bits per heavy atom. The zero-order valence-electron chi connectivity index (χ0n) is 14.2. The minimum atomic E-state index is -0.00769. The van der Waals surface area contributed by atoms with E-state index in [0.717, 1.165) is 35.1 Å². The number of ether oxygens (including phenoxy) is 1. The Balaban J connectivity index is 1.35.